The Balaban J connectivity index is 2.31. The summed E-state index contributed by atoms with van der Waals surface area (Å²) in [6, 6.07) is 3.52. The first-order chi connectivity index (χ1) is 8.08. The molecule has 0 radical (unpaired) electrons. The minimum atomic E-state index is -0.203. The van der Waals surface area contributed by atoms with Gasteiger partial charge >= 0.3 is 0 Å². The van der Waals surface area contributed by atoms with Crippen LogP contribution in [0.25, 0.3) is 0 Å². The highest BCUT2D eigenvalue weighted by Gasteiger charge is 2.13. The van der Waals surface area contributed by atoms with Gasteiger partial charge in [-0.05, 0) is 24.6 Å². The van der Waals surface area contributed by atoms with Gasteiger partial charge in [0.2, 0.25) is 0 Å². The van der Waals surface area contributed by atoms with Gasteiger partial charge in [0.1, 0.15) is 0 Å². The first-order valence-electron chi connectivity index (χ1n) is 4.84. The van der Waals surface area contributed by atoms with Gasteiger partial charge in [0.05, 0.1) is 0 Å². The van der Waals surface area contributed by atoms with E-state index in [2.05, 4.69) is 26.2 Å². The maximum Gasteiger partial charge on any atom is 0.257 e. The number of rotatable bonds is 2. The number of anilines is 2. The van der Waals surface area contributed by atoms with Crippen molar-refractivity contribution in [3.63, 3.8) is 0 Å². The molecule has 0 spiro atoms. The van der Waals surface area contributed by atoms with Gasteiger partial charge in [-0.2, -0.15) is 0 Å². The number of nitrogens with two attached hydrogens (primary N) is 1. The van der Waals surface area contributed by atoms with E-state index in [1.807, 2.05) is 6.92 Å². The Bertz CT molecular complexity index is 554. The molecule has 3 N–H and O–H groups in total. The molecule has 1 amide bonds. The second-order valence-electron chi connectivity index (χ2n) is 3.46. The number of nitrogens with zero attached hydrogens (tertiary/aromatic N) is 1. The number of nitrogens with one attached hydrogen (secondary N) is 1. The fourth-order valence-corrected chi connectivity index (χ4v) is 2.39. The van der Waals surface area contributed by atoms with Crippen LogP contribution in [0.5, 0.6) is 0 Å². The second-order valence-corrected chi connectivity index (χ2v) is 5.27. The summed E-state index contributed by atoms with van der Waals surface area (Å²) in [5.74, 6) is -0.203. The van der Waals surface area contributed by atoms with Crippen molar-refractivity contribution in [2.24, 2.45) is 0 Å². The van der Waals surface area contributed by atoms with Crippen LogP contribution in [-0.4, -0.2) is 10.9 Å². The van der Waals surface area contributed by atoms with Crippen LogP contribution in [0.2, 0.25) is 0 Å². The zero-order valence-electron chi connectivity index (χ0n) is 9.03. The zero-order chi connectivity index (χ0) is 12.4. The van der Waals surface area contributed by atoms with E-state index in [0.717, 1.165) is 10.0 Å². The van der Waals surface area contributed by atoms with Crippen molar-refractivity contribution in [2.75, 3.05) is 11.1 Å². The highest BCUT2D eigenvalue weighted by atomic mass is 79.9. The lowest BCUT2D eigenvalue weighted by Gasteiger charge is -2.08. The van der Waals surface area contributed by atoms with Crippen molar-refractivity contribution in [3.8, 4) is 0 Å². The van der Waals surface area contributed by atoms with Crippen molar-refractivity contribution in [3.05, 3.63) is 39.3 Å². The number of nitrogen functional groups attached to an aromatic ring is 1. The van der Waals surface area contributed by atoms with Crippen LogP contribution in [-0.2, 0) is 0 Å². The SMILES string of the molecule is Cc1c(N)cc(Br)cc1C(=O)Nc1nccs1. The van der Waals surface area contributed by atoms with E-state index in [0.29, 0.717) is 16.4 Å². The van der Waals surface area contributed by atoms with Crippen LogP contribution >= 0.6 is 27.3 Å². The van der Waals surface area contributed by atoms with E-state index in [-0.39, 0.29) is 5.91 Å². The molecule has 1 heterocycles. The van der Waals surface area contributed by atoms with Gasteiger partial charge in [0.15, 0.2) is 5.13 Å². The molecule has 0 fully saturated rings. The van der Waals surface area contributed by atoms with Crippen molar-refractivity contribution in [2.45, 2.75) is 6.92 Å². The number of benzene rings is 1. The first kappa shape index (κ1) is 12.1. The quantitative estimate of drug-likeness (QED) is 0.838. The van der Waals surface area contributed by atoms with E-state index < -0.39 is 0 Å². The van der Waals surface area contributed by atoms with E-state index in [9.17, 15) is 4.79 Å². The molecule has 2 aromatic rings. The van der Waals surface area contributed by atoms with Gasteiger partial charge in [-0.1, -0.05) is 15.9 Å². The van der Waals surface area contributed by atoms with E-state index in [1.54, 1.807) is 23.7 Å². The fourth-order valence-electron chi connectivity index (χ4n) is 1.39. The molecule has 0 saturated heterocycles. The summed E-state index contributed by atoms with van der Waals surface area (Å²) in [5.41, 5.74) is 7.71. The summed E-state index contributed by atoms with van der Waals surface area (Å²) in [6.45, 7) is 1.82. The average molecular weight is 312 g/mol. The highest BCUT2D eigenvalue weighted by Crippen LogP contribution is 2.23. The van der Waals surface area contributed by atoms with E-state index >= 15 is 0 Å². The van der Waals surface area contributed by atoms with Crippen LogP contribution in [0.1, 0.15) is 15.9 Å². The Labute approximate surface area is 111 Å². The van der Waals surface area contributed by atoms with Crippen LogP contribution in [0.15, 0.2) is 28.2 Å². The van der Waals surface area contributed by atoms with Crippen molar-refractivity contribution < 1.29 is 4.79 Å². The molecule has 0 aliphatic heterocycles. The summed E-state index contributed by atoms with van der Waals surface area (Å²) >= 11 is 4.69. The van der Waals surface area contributed by atoms with Crippen LogP contribution in [0.3, 0.4) is 0 Å². The Hall–Kier alpha value is -1.40. The number of carbonyl (C=O) groups is 1. The predicted molar refractivity (Wildman–Crippen MR) is 73.4 cm³/mol. The molecule has 0 aliphatic carbocycles. The summed E-state index contributed by atoms with van der Waals surface area (Å²) < 4.78 is 0.782. The van der Waals surface area contributed by atoms with Gasteiger partial charge < -0.3 is 5.73 Å². The largest absolute Gasteiger partial charge is 0.398 e. The van der Waals surface area contributed by atoms with Crippen molar-refractivity contribution in [1.29, 1.82) is 0 Å². The molecular weight excluding hydrogens is 302 g/mol. The standard InChI is InChI=1S/C11H10BrN3OS/c1-6-8(4-7(12)5-9(6)13)10(16)15-11-14-2-3-17-11/h2-5H,13H2,1H3,(H,14,15,16). The normalized spacial score (nSPS) is 10.2. The number of thiazole rings is 1. The molecule has 0 atom stereocenters. The van der Waals surface area contributed by atoms with Gasteiger partial charge in [0.25, 0.3) is 5.91 Å². The van der Waals surface area contributed by atoms with Crippen LogP contribution < -0.4 is 11.1 Å². The van der Waals surface area contributed by atoms with Crippen molar-refractivity contribution >= 4 is 44.0 Å². The number of halogens is 1. The van der Waals surface area contributed by atoms with E-state index in [1.165, 1.54) is 11.3 Å². The number of amides is 1. The lowest BCUT2D eigenvalue weighted by Crippen LogP contribution is -2.14. The smallest absolute Gasteiger partial charge is 0.257 e. The molecule has 1 aromatic heterocycles. The van der Waals surface area contributed by atoms with Crippen molar-refractivity contribution in [1.82, 2.24) is 4.98 Å². The topological polar surface area (TPSA) is 68.0 Å². The summed E-state index contributed by atoms with van der Waals surface area (Å²) in [6.07, 6.45) is 1.64. The molecule has 17 heavy (non-hydrogen) atoms. The average Bonchev–Trinajstić information content (AvgIpc) is 2.76. The Kier molecular flexibility index (Phi) is 3.44. The minimum absolute atomic E-state index is 0.203. The highest BCUT2D eigenvalue weighted by molar-refractivity contribution is 9.10. The second kappa shape index (κ2) is 4.85. The number of hydrogen-bond acceptors (Lipinski definition) is 4. The Morgan fingerprint density at radius 3 is 2.94 bits per heavy atom. The monoisotopic (exact) mass is 311 g/mol. The van der Waals surface area contributed by atoms with Gasteiger partial charge in [0, 0.05) is 27.3 Å². The third kappa shape index (κ3) is 2.65. The molecule has 88 valence electrons. The third-order valence-electron chi connectivity index (χ3n) is 2.31. The van der Waals surface area contributed by atoms with E-state index in [4.69, 9.17) is 5.73 Å². The number of aromatic nitrogens is 1. The Morgan fingerprint density at radius 2 is 2.29 bits per heavy atom. The summed E-state index contributed by atoms with van der Waals surface area (Å²) in [7, 11) is 0. The molecule has 0 aliphatic rings. The van der Waals surface area contributed by atoms with Gasteiger partial charge in [-0.15, -0.1) is 11.3 Å². The molecule has 6 heteroatoms. The molecule has 4 nitrogen and oxygen atoms in total. The summed E-state index contributed by atoms with van der Waals surface area (Å²) in [5, 5.41) is 5.11. The predicted octanol–water partition coefficient (Wildman–Crippen LogP) is 3.05. The molecule has 0 unspecified atom stereocenters. The Morgan fingerprint density at radius 1 is 1.53 bits per heavy atom. The van der Waals surface area contributed by atoms with Gasteiger partial charge in [-0.3, -0.25) is 10.1 Å². The molecule has 0 bridgehead atoms. The van der Waals surface area contributed by atoms with Crippen LogP contribution in [0, 0.1) is 6.92 Å². The van der Waals surface area contributed by atoms with Gasteiger partial charge in [-0.25, -0.2) is 4.98 Å². The summed E-state index contributed by atoms with van der Waals surface area (Å²) in [4.78, 5) is 16.0. The lowest BCUT2D eigenvalue weighted by molar-refractivity contribution is 0.102. The maximum atomic E-state index is 12.0. The molecule has 2 rings (SSSR count). The third-order valence-corrected chi connectivity index (χ3v) is 3.46. The fraction of sp³-hybridized carbons (Fsp3) is 0.0909. The zero-order valence-corrected chi connectivity index (χ0v) is 11.4. The first-order valence-corrected chi connectivity index (χ1v) is 6.51. The van der Waals surface area contributed by atoms with Crippen LogP contribution in [0.4, 0.5) is 10.8 Å². The molecular formula is C11H10BrN3OS. The number of hydrogen-bond donors (Lipinski definition) is 2. The maximum absolute atomic E-state index is 12.0. The number of carbonyl (C=O) groups excluding carboxylic acids is 1. The molecule has 0 saturated carbocycles. The molecule has 1 aromatic carbocycles. The minimum Gasteiger partial charge on any atom is -0.398 e. The lowest BCUT2D eigenvalue weighted by atomic mass is 10.1.